The zero-order valence-corrected chi connectivity index (χ0v) is 8.58. The van der Waals surface area contributed by atoms with Crippen LogP contribution in [0.4, 0.5) is 0 Å². The van der Waals surface area contributed by atoms with Gasteiger partial charge in [0.1, 0.15) is 15.9 Å². The minimum absolute atomic E-state index is 0.439. The molecule has 0 bridgehead atoms. The number of nitrogens with zero attached hydrogens (tertiary/aromatic N) is 2. The van der Waals surface area contributed by atoms with Gasteiger partial charge in [0.25, 0.3) is 0 Å². The molecule has 2 aromatic rings. The smallest absolute Gasteiger partial charge is 0.171 e. The molecule has 3 nitrogen and oxygen atoms in total. The van der Waals surface area contributed by atoms with E-state index in [-0.39, 0.29) is 0 Å². The molecule has 13 heavy (non-hydrogen) atoms. The van der Waals surface area contributed by atoms with Crippen LogP contribution in [0.25, 0.3) is 5.65 Å². The highest BCUT2D eigenvalue weighted by Gasteiger charge is 2.08. The lowest BCUT2D eigenvalue weighted by Crippen LogP contribution is -1.85. The second-order valence-corrected chi connectivity index (χ2v) is 3.54. The fourth-order valence-electron chi connectivity index (χ4n) is 1.27. The monoisotopic (exact) mass is 238 g/mol. The van der Waals surface area contributed by atoms with Gasteiger partial charge in [0.05, 0.1) is 0 Å². The predicted molar refractivity (Wildman–Crippen MR) is 53.0 cm³/mol. The third kappa shape index (κ3) is 1.18. The second-order valence-electron chi connectivity index (χ2n) is 2.79. The number of carbonyl (C=O) groups excluding carboxylic acids is 1. The summed E-state index contributed by atoms with van der Waals surface area (Å²) in [6.45, 7) is 1.96. The lowest BCUT2D eigenvalue weighted by Gasteiger charge is -1.96. The Bertz CT molecular complexity index is 476. The number of rotatable bonds is 1. The molecule has 0 amide bonds. The van der Waals surface area contributed by atoms with Crippen LogP contribution >= 0.6 is 15.9 Å². The number of aromatic nitrogens is 2. The van der Waals surface area contributed by atoms with Crippen molar-refractivity contribution in [3.63, 3.8) is 0 Å². The minimum atomic E-state index is 0.439. The van der Waals surface area contributed by atoms with E-state index in [1.165, 1.54) is 0 Å². The van der Waals surface area contributed by atoms with E-state index >= 15 is 0 Å². The first-order valence-electron chi connectivity index (χ1n) is 3.82. The summed E-state index contributed by atoms with van der Waals surface area (Å²) in [4.78, 5) is 14.8. The van der Waals surface area contributed by atoms with E-state index in [9.17, 15) is 4.79 Å². The molecule has 0 spiro atoms. The maximum Gasteiger partial charge on any atom is 0.171 e. The summed E-state index contributed by atoms with van der Waals surface area (Å²) >= 11 is 3.32. The number of fused-ring (bicyclic) bond motifs is 1. The molecule has 0 aliphatic carbocycles. The highest BCUT2D eigenvalue weighted by molar-refractivity contribution is 9.10. The summed E-state index contributed by atoms with van der Waals surface area (Å²) in [7, 11) is 0. The number of hydrogen-bond acceptors (Lipinski definition) is 2. The first-order valence-corrected chi connectivity index (χ1v) is 4.61. The van der Waals surface area contributed by atoms with Crippen molar-refractivity contribution >= 4 is 27.9 Å². The maximum atomic E-state index is 10.6. The van der Waals surface area contributed by atoms with Crippen molar-refractivity contribution in [3.8, 4) is 0 Å². The molecule has 0 unspecified atom stereocenters. The number of hydrogen-bond donors (Lipinski definition) is 0. The van der Waals surface area contributed by atoms with Gasteiger partial charge in [-0.2, -0.15) is 0 Å². The van der Waals surface area contributed by atoms with Crippen molar-refractivity contribution in [2.75, 3.05) is 0 Å². The Morgan fingerprint density at radius 2 is 2.38 bits per heavy atom. The first-order chi connectivity index (χ1) is 6.24. The lowest BCUT2D eigenvalue weighted by atomic mass is 10.3. The van der Waals surface area contributed by atoms with E-state index in [2.05, 4.69) is 20.9 Å². The third-order valence-corrected chi connectivity index (χ3v) is 2.71. The van der Waals surface area contributed by atoms with Crippen LogP contribution in [0.2, 0.25) is 0 Å². The Morgan fingerprint density at radius 3 is 3.00 bits per heavy atom. The molecule has 66 valence electrons. The SMILES string of the molecule is Cc1cccn2c(Br)c(C=O)nc12. The fourth-order valence-corrected chi connectivity index (χ4v) is 1.74. The lowest BCUT2D eigenvalue weighted by molar-refractivity contribution is 0.111. The number of aryl methyl sites for hydroxylation is 1. The van der Waals surface area contributed by atoms with Crippen LogP contribution in [0.1, 0.15) is 16.1 Å². The summed E-state index contributed by atoms with van der Waals surface area (Å²) in [5.41, 5.74) is 2.31. The summed E-state index contributed by atoms with van der Waals surface area (Å²) in [6, 6.07) is 3.88. The summed E-state index contributed by atoms with van der Waals surface area (Å²) in [6.07, 6.45) is 2.61. The van der Waals surface area contributed by atoms with Crippen molar-refractivity contribution < 1.29 is 4.79 Å². The molecule has 2 aromatic heterocycles. The molecule has 0 atom stereocenters. The number of carbonyl (C=O) groups is 1. The number of halogens is 1. The molecule has 0 saturated carbocycles. The zero-order chi connectivity index (χ0) is 9.42. The molecule has 2 rings (SSSR count). The van der Waals surface area contributed by atoms with Gasteiger partial charge in [0, 0.05) is 6.20 Å². The van der Waals surface area contributed by atoms with Crippen LogP contribution in [0.5, 0.6) is 0 Å². The van der Waals surface area contributed by atoms with Crippen molar-refractivity contribution in [2.24, 2.45) is 0 Å². The van der Waals surface area contributed by atoms with Crippen LogP contribution in [0.15, 0.2) is 22.9 Å². The second kappa shape index (κ2) is 2.96. The van der Waals surface area contributed by atoms with Gasteiger partial charge >= 0.3 is 0 Å². The summed E-state index contributed by atoms with van der Waals surface area (Å²) in [5.74, 6) is 0. The highest BCUT2D eigenvalue weighted by Crippen LogP contribution is 2.19. The van der Waals surface area contributed by atoms with Crippen LogP contribution in [0.3, 0.4) is 0 Å². The topological polar surface area (TPSA) is 34.4 Å². The van der Waals surface area contributed by atoms with Gasteiger partial charge in [0.15, 0.2) is 6.29 Å². The van der Waals surface area contributed by atoms with E-state index in [0.29, 0.717) is 10.3 Å². The molecule has 0 aliphatic rings. The largest absolute Gasteiger partial charge is 0.296 e. The Morgan fingerprint density at radius 1 is 1.62 bits per heavy atom. The van der Waals surface area contributed by atoms with Gasteiger partial charge in [-0.05, 0) is 34.5 Å². The van der Waals surface area contributed by atoms with Gasteiger partial charge < -0.3 is 0 Å². The van der Waals surface area contributed by atoms with Crippen LogP contribution < -0.4 is 0 Å². The standard InChI is InChI=1S/C9H7BrN2O/c1-6-3-2-4-12-8(10)7(5-13)11-9(6)12/h2-5H,1H3. The van der Waals surface area contributed by atoms with E-state index in [1.54, 1.807) is 0 Å². The third-order valence-electron chi connectivity index (χ3n) is 1.92. The number of aldehydes is 1. The normalized spacial score (nSPS) is 10.6. The highest BCUT2D eigenvalue weighted by atomic mass is 79.9. The minimum Gasteiger partial charge on any atom is -0.296 e. The van der Waals surface area contributed by atoms with Gasteiger partial charge in [-0.25, -0.2) is 4.98 Å². The molecule has 2 heterocycles. The Labute approximate surface area is 83.5 Å². The van der Waals surface area contributed by atoms with E-state index in [0.717, 1.165) is 17.5 Å². The zero-order valence-electron chi connectivity index (χ0n) is 6.99. The Balaban J connectivity index is 2.91. The van der Waals surface area contributed by atoms with Gasteiger partial charge in [-0.1, -0.05) is 6.07 Å². The van der Waals surface area contributed by atoms with Crippen molar-refractivity contribution in [1.29, 1.82) is 0 Å². The van der Waals surface area contributed by atoms with Crippen LogP contribution in [-0.2, 0) is 0 Å². The first kappa shape index (κ1) is 8.44. The molecule has 0 radical (unpaired) electrons. The fraction of sp³-hybridized carbons (Fsp3) is 0.111. The Hall–Kier alpha value is -1.16. The van der Waals surface area contributed by atoms with Crippen molar-refractivity contribution in [3.05, 3.63) is 34.2 Å². The van der Waals surface area contributed by atoms with Gasteiger partial charge in [-0.3, -0.25) is 9.20 Å². The predicted octanol–water partition coefficient (Wildman–Crippen LogP) is 2.22. The number of pyridine rings is 1. The van der Waals surface area contributed by atoms with E-state index in [1.807, 2.05) is 29.7 Å². The average molecular weight is 239 g/mol. The molecule has 0 fully saturated rings. The molecule has 4 heteroatoms. The molecule has 0 aliphatic heterocycles. The molecule has 0 saturated heterocycles. The molecule has 0 aromatic carbocycles. The van der Waals surface area contributed by atoms with E-state index < -0.39 is 0 Å². The molecular formula is C9H7BrN2O. The van der Waals surface area contributed by atoms with Gasteiger partial charge in [-0.15, -0.1) is 0 Å². The van der Waals surface area contributed by atoms with Crippen LogP contribution in [-0.4, -0.2) is 15.7 Å². The van der Waals surface area contributed by atoms with Gasteiger partial charge in [0.2, 0.25) is 0 Å². The number of imidazole rings is 1. The maximum absolute atomic E-state index is 10.6. The summed E-state index contributed by atoms with van der Waals surface area (Å²) in [5, 5.41) is 0. The molecule has 0 N–H and O–H groups in total. The Kier molecular flexibility index (Phi) is 1.92. The summed E-state index contributed by atoms with van der Waals surface area (Å²) < 4.78 is 2.56. The van der Waals surface area contributed by atoms with Crippen molar-refractivity contribution in [2.45, 2.75) is 6.92 Å². The average Bonchev–Trinajstić information content (AvgIpc) is 2.45. The quantitative estimate of drug-likeness (QED) is 0.715. The molecular weight excluding hydrogens is 232 g/mol. The van der Waals surface area contributed by atoms with E-state index in [4.69, 9.17) is 0 Å². The van der Waals surface area contributed by atoms with Crippen molar-refractivity contribution in [1.82, 2.24) is 9.38 Å². The van der Waals surface area contributed by atoms with Crippen LogP contribution in [0, 0.1) is 6.92 Å².